The molecule has 0 unspecified atom stereocenters. The van der Waals surface area contributed by atoms with Crippen LogP contribution in [0.1, 0.15) is 25.0 Å². The van der Waals surface area contributed by atoms with Crippen molar-refractivity contribution in [3.05, 3.63) is 236 Å². The summed E-state index contributed by atoms with van der Waals surface area (Å²) in [6.45, 7) is 4.70. The molecule has 0 amide bonds. The molecule has 3 nitrogen and oxygen atoms in total. The highest BCUT2D eigenvalue weighted by molar-refractivity contribution is 6.16. The molecule has 0 spiro atoms. The van der Waals surface area contributed by atoms with Crippen LogP contribution >= 0.6 is 0 Å². The van der Waals surface area contributed by atoms with Gasteiger partial charge in [-0.1, -0.05) is 178 Å². The van der Waals surface area contributed by atoms with Crippen molar-refractivity contribution in [3.63, 3.8) is 0 Å². The lowest BCUT2D eigenvalue weighted by atomic mass is 9.81. The van der Waals surface area contributed by atoms with Crippen molar-refractivity contribution in [2.45, 2.75) is 19.3 Å². The Kier molecular flexibility index (Phi) is 8.56. The fourth-order valence-electron chi connectivity index (χ4n) is 10.7. The Morgan fingerprint density at radius 1 is 0.364 bits per heavy atom. The predicted molar refractivity (Wildman–Crippen MR) is 276 cm³/mol. The molecule has 2 aromatic heterocycles. The van der Waals surface area contributed by atoms with Gasteiger partial charge in [0.15, 0.2) is 5.82 Å². The number of hydrogen-bond acceptors (Lipinski definition) is 2. The number of nitrogens with zero attached hydrogens (tertiary/aromatic N) is 3. The minimum absolute atomic E-state index is 0.153. The Morgan fingerprint density at radius 2 is 0.955 bits per heavy atom. The van der Waals surface area contributed by atoms with Gasteiger partial charge in [-0.3, -0.25) is 0 Å². The Bertz CT molecular complexity index is 3900. The van der Waals surface area contributed by atoms with Crippen LogP contribution in [0.25, 0.3) is 116 Å². The van der Waals surface area contributed by atoms with E-state index < -0.39 is 0 Å². The molecule has 0 radical (unpaired) electrons. The van der Waals surface area contributed by atoms with Crippen molar-refractivity contribution < 1.29 is 0 Å². The highest BCUT2D eigenvalue weighted by Gasteiger charge is 2.37. The standard InChI is InChI=1S/C63H43N3/c1-63(2)54-27-14-26-51(60(54)53-37-42-18-9-10-19-43(42)38-55(53)63)57-39-56(64-62(65-57)40-16-5-3-6-17-40)48-33-32-45-34-44(30-31-46(45)36-48)41-20-13-21-47(35-41)50-25-15-29-59-61(50)52-24-11-12-28-58(52)66(59)49-22-7-4-8-23-49/h3-39H,1-2H3. The van der Waals surface area contributed by atoms with Crippen molar-refractivity contribution >= 4 is 43.4 Å². The van der Waals surface area contributed by atoms with Gasteiger partial charge >= 0.3 is 0 Å². The first-order valence-corrected chi connectivity index (χ1v) is 22.8. The third kappa shape index (κ3) is 6.04. The fourth-order valence-corrected chi connectivity index (χ4v) is 10.7. The Hall–Kier alpha value is -8.40. The molecule has 1 aliphatic carbocycles. The van der Waals surface area contributed by atoms with Gasteiger partial charge in [0.25, 0.3) is 0 Å². The monoisotopic (exact) mass is 841 g/mol. The van der Waals surface area contributed by atoms with Gasteiger partial charge in [-0.15, -0.1) is 0 Å². The molecular formula is C63H43N3. The van der Waals surface area contributed by atoms with Crippen LogP contribution in [0.5, 0.6) is 0 Å². The van der Waals surface area contributed by atoms with Crippen molar-refractivity contribution in [3.8, 4) is 73.0 Å². The lowest BCUT2D eigenvalue weighted by Gasteiger charge is -2.22. The summed E-state index contributed by atoms with van der Waals surface area (Å²) in [6, 6.07) is 81.4. The first kappa shape index (κ1) is 38.1. The third-order valence-electron chi connectivity index (χ3n) is 14.0. The number of rotatable bonds is 6. The van der Waals surface area contributed by atoms with E-state index in [0.717, 1.165) is 39.2 Å². The summed E-state index contributed by atoms with van der Waals surface area (Å²) in [5.74, 6) is 0.715. The lowest BCUT2D eigenvalue weighted by molar-refractivity contribution is 0.661. The maximum absolute atomic E-state index is 5.33. The molecule has 10 aromatic carbocycles. The molecule has 0 atom stereocenters. The number of benzene rings is 10. The molecule has 2 heterocycles. The molecule has 0 saturated carbocycles. The smallest absolute Gasteiger partial charge is 0.160 e. The van der Waals surface area contributed by atoms with Crippen molar-refractivity contribution in [1.82, 2.24) is 14.5 Å². The van der Waals surface area contributed by atoms with Crippen LogP contribution in [0.3, 0.4) is 0 Å². The first-order chi connectivity index (χ1) is 32.5. The molecule has 310 valence electrons. The van der Waals surface area contributed by atoms with Gasteiger partial charge in [0, 0.05) is 38.6 Å². The molecular weight excluding hydrogens is 799 g/mol. The number of fused-ring (bicyclic) bond motifs is 8. The van der Waals surface area contributed by atoms with E-state index >= 15 is 0 Å². The molecule has 0 fully saturated rings. The summed E-state index contributed by atoms with van der Waals surface area (Å²) < 4.78 is 2.38. The van der Waals surface area contributed by atoms with E-state index in [4.69, 9.17) is 9.97 Å². The molecule has 13 rings (SSSR count). The predicted octanol–water partition coefficient (Wildman–Crippen LogP) is 16.5. The Balaban J connectivity index is 0.901. The van der Waals surface area contributed by atoms with Gasteiger partial charge in [0.2, 0.25) is 0 Å². The van der Waals surface area contributed by atoms with Gasteiger partial charge in [0.1, 0.15) is 0 Å². The van der Waals surface area contributed by atoms with Crippen LogP contribution in [0.2, 0.25) is 0 Å². The third-order valence-corrected chi connectivity index (χ3v) is 14.0. The average Bonchev–Trinajstić information content (AvgIpc) is 3.83. The number of aromatic nitrogens is 3. The van der Waals surface area contributed by atoms with Crippen LogP contribution in [-0.2, 0) is 5.41 Å². The highest BCUT2D eigenvalue weighted by Crippen LogP contribution is 2.53. The van der Waals surface area contributed by atoms with E-state index in [1.807, 2.05) is 6.07 Å². The topological polar surface area (TPSA) is 30.7 Å². The second kappa shape index (κ2) is 14.8. The van der Waals surface area contributed by atoms with Gasteiger partial charge in [0.05, 0.1) is 22.4 Å². The fraction of sp³-hybridized carbons (Fsp3) is 0.0476. The van der Waals surface area contributed by atoms with E-state index in [2.05, 4.69) is 237 Å². The van der Waals surface area contributed by atoms with E-state index in [1.54, 1.807) is 0 Å². The van der Waals surface area contributed by atoms with Gasteiger partial charge in [-0.25, -0.2) is 9.97 Å². The van der Waals surface area contributed by atoms with E-state index in [-0.39, 0.29) is 5.41 Å². The average molecular weight is 842 g/mol. The molecule has 0 saturated heterocycles. The van der Waals surface area contributed by atoms with E-state index in [0.29, 0.717) is 5.82 Å². The van der Waals surface area contributed by atoms with Gasteiger partial charge in [-0.05, 0) is 127 Å². The first-order valence-electron chi connectivity index (χ1n) is 22.8. The molecule has 1 aliphatic rings. The second-order valence-electron chi connectivity index (χ2n) is 18.2. The Morgan fingerprint density at radius 3 is 1.79 bits per heavy atom. The summed E-state index contributed by atoms with van der Waals surface area (Å²) in [7, 11) is 0. The summed E-state index contributed by atoms with van der Waals surface area (Å²) in [4.78, 5) is 10.6. The quantitative estimate of drug-likeness (QED) is 0.167. The minimum atomic E-state index is -0.153. The summed E-state index contributed by atoms with van der Waals surface area (Å²) >= 11 is 0. The van der Waals surface area contributed by atoms with E-state index in [1.165, 1.54) is 82.5 Å². The van der Waals surface area contributed by atoms with Crippen LogP contribution < -0.4 is 0 Å². The molecule has 0 N–H and O–H groups in total. The maximum atomic E-state index is 5.33. The minimum Gasteiger partial charge on any atom is -0.309 e. The van der Waals surface area contributed by atoms with Gasteiger partial charge in [-0.2, -0.15) is 0 Å². The number of hydrogen-bond donors (Lipinski definition) is 0. The van der Waals surface area contributed by atoms with Crippen molar-refractivity contribution in [2.75, 3.05) is 0 Å². The summed E-state index contributed by atoms with van der Waals surface area (Å²) in [5.41, 5.74) is 18.4. The number of para-hydroxylation sites is 2. The zero-order valence-electron chi connectivity index (χ0n) is 36.7. The molecule has 66 heavy (non-hydrogen) atoms. The summed E-state index contributed by atoms with van der Waals surface area (Å²) in [6.07, 6.45) is 0. The normalized spacial score (nSPS) is 12.8. The van der Waals surface area contributed by atoms with Crippen molar-refractivity contribution in [1.29, 1.82) is 0 Å². The van der Waals surface area contributed by atoms with E-state index in [9.17, 15) is 0 Å². The zero-order valence-corrected chi connectivity index (χ0v) is 36.7. The largest absolute Gasteiger partial charge is 0.309 e. The van der Waals surface area contributed by atoms with Gasteiger partial charge < -0.3 is 4.57 Å². The second-order valence-corrected chi connectivity index (χ2v) is 18.2. The Labute approximate surface area is 384 Å². The molecule has 12 aromatic rings. The lowest BCUT2D eigenvalue weighted by Crippen LogP contribution is -2.14. The van der Waals surface area contributed by atoms with Crippen LogP contribution in [0.15, 0.2) is 224 Å². The molecule has 3 heteroatoms. The zero-order chi connectivity index (χ0) is 43.9. The van der Waals surface area contributed by atoms with Crippen LogP contribution in [0, 0.1) is 0 Å². The SMILES string of the molecule is CC1(C)c2cc3ccccc3cc2-c2c(-c3cc(-c4ccc5cc(-c6cccc(-c7cccc8c7c7ccccc7n8-c7ccccc7)c6)ccc5c4)nc(-c4ccccc4)n3)cccc21. The highest BCUT2D eigenvalue weighted by atomic mass is 15.0. The van der Waals surface area contributed by atoms with Crippen molar-refractivity contribution in [2.24, 2.45) is 0 Å². The molecule has 0 bridgehead atoms. The maximum Gasteiger partial charge on any atom is 0.160 e. The summed E-state index contributed by atoms with van der Waals surface area (Å²) in [5, 5.41) is 7.37. The molecule has 0 aliphatic heterocycles. The van der Waals surface area contributed by atoms with Crippen LogP contribution in [0.4, 0.5) is 0 Å². The van der Waals surface area contributed by atoms with Crippen LogP contribution in [-0.4, -0.2) is 14.5 Å².